The van der Waals surface area contributed by atoms with Crippen LogP contribution in [0.5, 0.6) is 0 Å². The molecule has 0 aliphatic carbocycles. The van der Waals surface area contributed by atoms with Crippen molar-refractivity contribution in [3.05, 3.63) is 33.8 Å². The van der Waals surface area contributed by atoms with Crippen LogP contribution >= 0.6 is 39.1 Å². The molecule has 0 spiro atoms. The van der Waals surface area contributed by atoms with Crippen molar-refractivity contribution < 1.29 is 4.74 Å². The summed E-state index contributed by atoms with van der Waals surface area (Å²) in [7, 11) is 0. The van der Waals surface area contributed by atoms with E-state index in [9.17, 15) is 0 Å². The first kappa shape index (κ1) is 12.7. The van der Waals surface area contributed by atoms with Crippen LogP contribution < -0.4 is 0 Å². The van der Waals surface area contributed by atoms with E-state index in [1.165, 1.54) is 0 Å². The molecular formula is C12H13BrCl2O. The molecule has 1 saturated heterocycles. The molecule has 2 atom stereocenters. The average molecular weight is 324 g/mol. The van der Waals surface area contributed by atoms with E-state index >= 15 is 0 Å². The fourth-order valence-corrected chi connectivity index (χ4v) is 3.30. The summed E-state index contributed by atoms with van der Waals surface area (Å²) in [5.74, 6) is 0. The van der Waals surface area contributed by atoms with Gasteiger partial charge < -0.3 is 4.74 Å². The third-order valence-electron chi connectivity index (χ3n) is 2.79. The van der Waals surface area contributed by atoms with Crippen molar-refractivity contribution in [3.63, 3.8) is 0 Å². The molecule has 0 bridgehead atoms. The predicted octanol–water partition coefficient (Wildman–Crippen LogP) is 5.00. The van der Waals surface area contributed by atoms with E-state index in [0.717, 1.165) is 41.5 Å². The van der Waals surface area contributed by atoms with Crippen molar-refractivity contribution in [2.75, 3.05) is 6.61 Å². The number of hydrogen-bond acceptors (Lipinski definition) is 1. The maximum absolute atomic E-state index is 6.15. The van der Waals surface area contributed by atoms with Crippen LogP contribution in [0.25, 0.3) is 0 Å². The fourth-order valence-electron chi connectivity index (χ4n) is 1.94. The minimum Gasteiger partial charge on any atom is -0.378 e. The number of ether oxygens (including phenoxy) is 1. The molecule has 1 fully saturated rings. The van der Waals surface area contributed by atoms with Gasteiger partial charge in [0.1, 0.15) is 0 Å². The molecule has 2 unspecified atom stereocenters. The van der Waals surface area contributed by atoms with Crippen LogP contribution in [0.1, 0.15) is 29.7 Å². The number of benzene rings is 1. The average Bonchev–Trinajstić information content (AvgIpc) is 2.74. The van der Waals surface area contributed by atoms with Gasteiger partial charge in [0.2, 0.25) is 0 Å². The fraction of sp³-hybridized carbons (Fsp3) is 0.500. The molecule has 1 aliphatic rings. The summed E-state index contributed by atoms with van der Waals surface area (Å²) in [6.07, 6.45) is 3.59. The molecule has 0 amide bonds. The minimum absolute atomic E-state index is 0.210. The summed E-state index contributed by atoms with van der Waals surface area (Å²) in [5.41, 5.74) is 1.05. The van der Waals surface area contributed by atoms with Crippen molar-refractivity contribution in [2.24, 2.45) is 0 Å². The van der Waals surface area contributed by atoms with Crippen LogP contribution in [-0.4, -0.2) is 12.7 Å². The maximum Gasteiger partial charge on any atom is 0.0589 e. The Bertz CT molecular complexity index is 364. The second kappa shape index (κ2) is 5.72. The summed E-state index contributed by atoms with van der Waals surface area (Å²) >= 11 is 15.8. The Morgan fingerprint density at radius 2 is 2.25 bits per heavy atom. The molecule has 0 saturated carbocycles. The monoisotopic (exact) mass is 322 g/mol. The van der Waals surface area contributed by atoms with Crippen molar-refractivity contribution in [3.8, 4) is 0 Å². The third-order valence-corrected chi connectivity index (χ3v) is 4.24. The van der Waals surface area contributed by atoms with Gasteiger partial charge in [-0.2, -0.15) is 0 Å². The van der Waals surface area contributed by atoms with E-state index in [0.29, 0.717) is 6.10 Å². The quantitative estimate of drug-likeness (QED) is 0.711. The molecule has 1 aromatic carbocycles. The first-order chi connectivity index (χ1) is 7.66. The van der Waals surface area contributed by atoms with Crippen molar-refractivity contribution >= 4 is 39.1 Å². The van der Waals surface area contributed by atoms with Crippen molar-refractivity contribution in [1.29, 1.82) is 0 Å². The highest BCUT2D eigenvalue weighted by atomic mass is 79.9. The van der Waals surface area contributed by atoms with Gasteiger partial charge in [-0.05, 0) is 43.0 Å². The normalized spacial score (nSPS) is 22.3. The topological polar surface area (TPSA) is 9.23 Å². The van der Waals surface area contributed by atoms with Gasteiger partial charge in [0.25, 0.3) is 0 Å². The summed E-state index contributed by atoms with van der Waals surface area (Å²) in [6, 6.07) is 5.56. The minimum atomic E-state index is 0.210. The molecule has 4 heteroatoms. The Morgan fingerprint density at radius 1 is 1.44 bits per heavy atom. The molecule has 1 aliphatic heterocycles. The summed E-state index contributed by atoms with van der Waals surface area (Å²) in [4.78, 5) is 0.210. The first-order valence-corrected chi connectivity index (χ1v) is 7.04. The predicted molar refractivity (Wildman–Crippen MR) is 71.7 cm³/mol. The molecule has 1 aromatic rings. The van der Waals surface area contributed by atoms with E-state index in [-0.39, 0.29) is 4.83 Å². The van der Waals surface area contributed by atoms with Gasteiger partial charge in [0, 0.05) is 21.5 Å². The smallest absolute Gasteiger partial charge is 0.0589 e. The summed E-state index contributed by atoms with van der Waals surface area (Å²) < 4.78 is 5.61. The van der Waals surface area contributed by atoms with Crippen LogP contribution in [-0.2, 0) is 4.74 Å². The summed E-state index contributed by atoms with van der Waals surface area (Å²) in [6.45, 7) is 0.883. The Morgan fingerprint density at radius 3 is 2.94 bits per heavy atom. The van der Waals surface area contributed by atoms with Crippen LogP contribution in [0.2, 0.25) is 10.0 Å². The Kier molecular flexibility index (Phi) is 4.54. The van der Waals surface area contributed by atoms with Crippen LogP contribution in [0, 0.1) is 0 Å². The second-order valence-corrected chi connectivity index (χ2v) is 5.95. The largest absolute Gasteiger partial charge is 0.378 e. The first-order valence-electron chi connectivity index (χ1n) is 5.37. The number of rotatable bonds is 3. The lowest BCUT2D eigenvalue weighted by atomic mass is 10.0. The van der Waals surface area contributed by atoms with E-state index in [1.807, 2.05) is 12.1 Å². The lowest BCUT2D eigenvalue weighted by molar-refractivity contribution is 0.104. The zero-order valence-corrected chi connectivity index (χ0v) is 11.9. The molecule has 1 heterocycles. The Labute approximate surface area is 114 Å². The highest BCUT2D eigenvalue weighted by molar-refractivity contribution is 9.09. The van der Waals surface area contributed by atoms with Gasteiger partial charge in [-0.25, -0.2) is 0 Å². The lowest BCUT2D eigenvalue weighted by Gasteiger charge is -2.16. The van der Waals surface area contributed by atoms with Crippen molar-refractivity contribution in [2.45, 2.75) is 30.2 Å². The zero-order valence-electron chi connectivity index (χ0n) is 8.76. The maximum atomic E-state index is 6.15. The Balaban J connectivity index is 2.07. The van der Waals surface area contributed by atoms with Crippen LogP contribution in [0.4, 0.5) is 0 Å². The standard InChI is InChI=1S/C12H13BrCl2O/c13-11(7-9-2-1-5-16-9)10-6-8(14)3-4-12(10)15/h3-4,6,9,11H,1-2,5,7H2. The Hall–Kier alpha value is 0.240. The van der Waals surface area contributed by atoms with Gasteiger partial charge in [-0.3, -0.25) is 0 Å². The molecule has 16 heavy (non-hydrogen) atoms. The molecule has 0 N–H and O–H groups in total. The number of hydrogen-bond donors (Lipinski definition) is 0. The molecule has 1 nitrogen and oxygen atoms in total. The summed E-state index contributed by atoms with van der Waals surface area (Å²) in [5, 5.41) is 1.47. The highest BCUT2D eigenvalue weighted by Crippen LogP contribution is 2.36. The second-order valence-electron chi connectivity index (χ2n) is 4.00. The van der Waals surface area contributed by atoms with Gasteiger partial charge in [-0.15, -0.1) is 0 Å². The lowest BCUT2D eigenvalue weighted by Crippen LogP contribution is -2.08. The highest BCUT2D eigenvalue weighted by Gasteiger charge is 2.21. The van der Waals surface area contributed by atoms with Crippen molar-refractivity contribution in [1.82, 2.24) is 0 Å². The zero-order chi connectivity index (χ0) is 11.5. The van der Waals surface area contributed by atoms with E-state index in [4.69, 9.17) is 27.9 Å². The van der Waals surface area contributed by atoms with Gasteiger partial charge in [0.15, 0.2) is 0 Å². The third kappa shape index (κ3) is 3.13. The van der Waals surface area contributed by atoms with Gasteiger partial charge in [-0.1, -0.05) is 39.1 Å². The molecular weight excluding hydrogens is 311 g/mol. The number of halogens is 3. The van der Waals surface area contributed by atoms with Crippen LogP contribution in [0.3, 0.4) is 0 Å². The number of alkyl halides is 1. The molecule has 2 rings (SSSR count). The van der Waals surface area contributed by atoms with E-state index < -0.39 is 0 Å². The van der Waals surface area contributed by atoms with E-state index in [1.54, 1.807) is 6.07 Å². The molecule has 0 aromatic heterocycles. The van der Waals surface area contributed by atoms with E-state index in [2.05, 4.69) is 15.9 Å². The van der Waals surface area contributed by atoms with Crippen LogP contribution in [0.15, 0.2) is 18.2 Å². The van der Waals surface area contributed by atoms with Gasteiger partial charge >= 0.3 is 0 Å². The SMILES string of the molecule is Clc1ccc(Cl)c(C(Br)CC2CCCO2)c1. The molecule has 88 valence electrons. The molecule has 0 radical (unpaired) electrons. The van der Waals surface area contributed by atoms with Gasteiger partial charge in [0.05, 0.1) is 6.10 Å².